The highest BCUT2D eigenvalue weighted by Gasteiger charge is 2.25. The van der Waals surface area contributed by atoms with Gasteiger partial charge in [0.2, 0.25) is 0 Å². The first-order valence-corrected chi connectivity index (χ1v) is 8.25. The Morgan fingerprint density at radius 2 is 1.50 bits per heavy atom. The van der Waals surface area contributed by atoms with E-state index in [-0.39, 0.29) is 24.2 Å². The molecular formula is C15H28N4O3. The molecule has 0 spiro atoms. The molecule has 22 heavy (non-hydrogen) atoms. The number of ether oxygens (including phenoxy) is 1. The fourth-order valence-electron chi connectivity index (χ4n) is 2.99. The molecule has 2 aliphatic heterocycles. The molecule has 7 heteroatoms. The fourth-order valence-corrected chi connectivity index (χ4v) is 2.99. The van der Waals surface area contributed by atoms with Crippen molar-refractivity contribution in [3.8, 4) is 0 Å². The van der Waals surface area contributed by atoms with Crippen LogP contribution < -0.4 is 10.6 Å². The fraction of sp³-hybridized carbons (Fsp3) is 0.867. The van der Waals surface area contributed by atoms with Crippen molar-refractivity contribution in [2.45, 2.75) is 44.7 Å². The average molecular weight is 312 g/mol. The van der Waals surface area contributed by atoms with Crippen LogP contribution in [0.25, 0.3) is 0 Å². The second-order valence-electron chi connectivity index (χ2n) is 6.16. The second-order valence-corrected chi connectivity index (χ2v) is 6.16. The van der Waals surface area contributed by atoms with E-state index in [0.29, 0.717) is 19.7 Å². The van der Waals surface area contributed by atoms with Crippen LogP contribution in [0, 0.1) is 0 Å². The topological polar surface area (TPSA) is 73.9 Å². The summed E-state index contributed by atoms with van der Waals surface area (Å²) in [7, 11) is 2.10. The standard InChI is InChI=1S/C15H28N4O3/c1-3-22-15(21)19-10-6-13(7-11-19)17-14(20)16-12-4-8-18(2)9-5-12/h12-13H,3-11H2,1-2H3,(H2,16,17,20). The van der Waals surface area contributed by atoms with E-state index in [1.807, 2.05) is 0 Å². The average Bonchev–Trinajstić information content (AvgIpc) is 2.50. The van der Waals surface area contributed by atoms with Gasteiger partial charge in [-0.1, -0.05) is 0 Å². The van der Waals surface area contributed by atoms with Gasteiger partial charge in [-0.3, -0.25) is 0 Å². The largest absolute Gasteiger partial charge is 0.450 e. The lowest BCUT2D eigenvalue weighted by molar-refractivity contribution is 0.0956. The van der Waals surface area contributed by atoms with Crippen molar-refractivity contribution in [1.82, 2.24) is 20.4 Å². The minimum Gasteiger partial charge on any atom is -0.450 e. The van der Waals surface area contributed by atoms with Gasteiger partial charge in [0.1, 0.15) is 0 Å². The lowest BCUT2D eigenvalue weighted by Gasteiger charge is -2.33. The molecule has 2 saturated heterocycles. The second kappa shape index (κ2) is 8.22. The Hall–Kier alpha value is -1.50. The van der Waals surface area contributed by atoms with Crippen molar-refractivity contribution >= 4 is 12.1 Å². The summed E-state index contributed by atoms with van der Waals surface area (Å²) in [5.41, 5.74) is 0. The summed E-state index contributed by atoms with van der Waals surface area (Å²) in [5.74, 6) is 0. The van der Waals surface area contributed by atoms with Crippen molar-refractivity contribution in [2.75, 3.05) is 39.8 Å². The lowest BCUT2D eigenvalue weighted by Crippen LogP contribution is -2.52. The molecule has 126 valence electrons. The molecule has 2 N–H and O–H groups in total. The maximum Gasteiger partial charge on any atom is 0.409 e. The first-order chi connectivity index (χ1) is 10.6. The van der Waals surface area contributed by atoms with E-state index < -0.39 is 0 Å². The summed E-state index contributed by atoms with van der Waals surface area (Å²) < 4.78 is 4.99. The molecule has 0 radical (unpaired) electrons. The van der Waals surface area contributed by atoms with E-state index in [4.69, 9.17) is 4.74 Å². The quantitative estimate of drug-likeness (QED) is 0.815. The van der Waals surface area contributed by atoms with Crippen molar-refractivity contribution in [1.29, 1.82) is 0 Å². The van der Waals surface area contributed by atoms with Crippen LogP contribution in [0.4, 0.5) is 9.59 Å². The lowest BCUT2D eigenvalue weighted by atomic mass is 10.0. The minimum atomic E-state index is -0.253. The zero-order chi connectivity index (χ0) is 15.9. The van der Waals surface area contributed by atoms with Crippen LogP contribution in [0.15, 0.2) is 0 Å². The number of hydrogen-bond acceptors (Lipinski definition) is 4. The molecule has 0 atom stereocenters. The first kappa shape index (κ1) is 16.9. The Kier molecular flexibility index (Phi) is 6.30. The van der Waals surface area contributed by atoms with Crippen molar-refractivity contribution < 1.29 is 14.3 Å². The molecule has 2 aliphatic rings. The summed E-state index contributed by atoms with van der Waals surface area (Å²) in [6.07, 6.45) is 3.31. The number of amides is 3. The summed E-state index contributed by atoms with van der Waals surface area (Å²) in [4.78, 5) is 27.6. The highest BCUT2D eigenvalue weighted by molar-refractivity contribution is 5.74. The molecule has 7 nitrogen and oxygen atoms in total. The van der Waals surface area contributed by atoms with Gasteiger partial charge in [-0.2, -0.15) is 0 Å². The Morgan fingerprint density at radius 3 is 2.00 bits per heavy atom. The molecule has 0 bridgehead atoms. The number of rotatable bonds is 3. The van der Waals surface area contributed by atoms with Gasteiger partial charge < -0.3 is 25.2 Å². The molecular weight excluding hydrogens is 284 g/mol. The molecule has 0 aromatic carbocycles. The van der Waals surface area contributed by atoms with Gasteiger partial charge >= 0.3 is 12.1 Å². The smallest absolute Gasteiger partial charge is 0.409 e. The monoisotopic (exact) mass is 312 g/mol. The summed E-state index contributed by atoms with van der Waals surface area (Å²) >= 11 is 0. The predicted octanol–water partition coefficient (Wildman–Crippen LogP) is 1.00. The third-order valence-corrected chi connectivity index (χ3v) is 4.41. The number of carbonyl (C=O) groups excluding carboxylic acids is 2. The molecule has 0 unspecified atom stereocenters. The van der Waals surface area contributed by atoms with E-state index in [0.717, 1.165) is 38.8 Å². The molecule has 2 rings (SSSR count). The number of carbonyl (C=O) groups is 2. The number of hydrogen-bond donors (Lipinski definition) is 2. The Labute approximate surface area is 132 Å². The maximum absolute atomic E-state index is 12.0. The van der Waals surface area contributed by atoms with Gasteiger partial charge in [-0.15, -0.1) is 0 Å². The first-order valence-electron chi connectivity index (χ1n) is 8.25. The zero-order valence-electron chi connectivity index (χ0n) is 13.6. The predicted molar refractivity (Wildman–Crippen MR) is 83.8 cm³/mol. The third kappa shape index (κ3) is 5.05. The van der Waals surface area contributed by atoms with E-state index in [1.165, 1.54) is 0 Å². The Morgan fingerprint density at radius 1 is 1.00 bits per heavy atom. The number of piperidine rings is 2. The van der Waals surface area contributed by atoms with Crippen LogP contribution in [0.1, 0.15) is 32.6 Å². The van der Waals surface area contributed by atoms with Crippen LogP contribution in [0.2, 0.25) is 0 Å². The molecule has 0 aromatic rings. The van der Waals surface area contributed by atoms with Crippen LogP contribution >= 0.6 is 0 Å². The van der Waals surface area contributed by atoms with Gasteiger partial charge in [-0.05, 0) is 52.7 Å². The minimum absolute atomic E-state index is 0.0795. The SMILES string of the molecule is CCOC(=O)N1CCC(NC(=O)NC2CCN(C)CC2)CC1. The molecule has 2 heterocycles. The van der Waals surface area contributed by atoms with Crippen molar-refractivity contribution in [2.24, 2.45) is 0 Å². The third-order valence-electron chi connectivity index (χ3n) is 4.41. The van der Waals surface area contributed by atoms with Crippen molar-refractivity contribution in [3.05, 3.63) is 0 Å². The molecule has 0 saturated carbocycles. The van der Waals surface area contributed by atoms with Gasteiger partial charge in [0, 0.05) is 25.2 Å². The van der Waals surface area contributed by atoms with Crippen LogP contribution in [0.5, 0.6) is 0 Å². The Balaban J connectivity index is 1.65. The molecule has 3 amide bonds. The van der Waals surface area contributed by atoms with Crippen LogP contribution in [0.3, 0.4) is 0 Å². The van der Waals surface area contributed by atoms with Gasteiger partial charge in [-0.25, -0.2) is 9.59 Å². The normalized spacial score (nSPS) is 21.5. The number of urea groups is 1. The van der Waals surface area contributed by atoms with Gasteiger partial charge in [0.15, 0.2) is 0 Å². The van der Waals surface area contributed by atoms with E-state index >= 15 is 0 Å². The van der Waals surface area contributed by atoms with E-state index in [9.17, 15) is 9.59 Å². The highest BCUT2D eigenvalue weighted by atomic mass is 16.6. The Bertz CT molecular complexity index is 375. The molecule has 0 aromatic heterocycles. The van der Waals surface area contributed by atoms with Crippen LogP contribution in [-0.4, -0.2) is 73.8 Å². The summed E-state index contributed by atoms with van der Waals surface area (Å²) in [6.45, 7) is 5.54. The van der Waals surface area contributed by atoms with E-state index in [2.05, 4.69) is 22.6 Å². The summed E-state index contributed by atoms with van der Waals surface area (Å²) in [6, 6.07) is 0.330. The number of likely N-dealkylation sites (tertiary alicyclic amines) is 2. The maximum atomic E-state index is 12.0. The van der Waals surface area contributed by atoms with Crippen LogP contribution in [-0.2, 0) is 4.74 Å². The van der Waals surface area contributed by atoms with Crippen molar-refractivity contribution in [3.63, 3.8) is 0 Å². The summed E-state index contributed by atoms with van der Waals surface area (Å²) in [5, 5.41) is 6.09. The molecule has 2 fully saturated rings. The van der Waals surface area contributed by atoms with Gasteiger partial charge in [0.05, 0.1) is 6.61 Å². The van der Waals surface area contributed by atoms with Gasteiger partial charge in [0.25, 0.3) is 0 Å². The number of nitrogens with zero attached hydrogens (tertiary/aromatic N) is 2. The zero-order valence-corrected chi connectivity index (χ0v) is 13.6. The van der Waals surface area contributed by atoms with E-state index in [1.54, 1.807) is 11.8 Å². The number of nitrogens with one attached hydrogen (secondary N) is 2. The highest BCUT2D eigenvalue weighted by Crippen LogP contribution is 2.12. The molecule has 0 aliphatic carbocycles.